The molecule has 134 valence electrons. The van der Waals surface area contributed by atoms with E-state index in [1.54, 1.807) is 26.4 Å². The van der Waals surface area contributed by atoms with Crippen LogP contribution in [0.3, 0.4) is 0 Å². The van der Waals surface area contributed by atoms with E-state index >= 15 is 0 Å². The fourth-order valence-electron chi connectivity index (χ4n) is 3.22. The summed E-state index contributed by atoms with van der Waals surface area (Å²) < 4.78 is 16.1. The van der Waals surface area contributed by atoms with Crippen LogP contribution in [0.15, 0.2) is 40.8 Å². The van der Waals surface area contributed by atoms with Crippen molar-refractivity contribution in [3.05, 3.63) is 47.9 Å². The Balaban J connectivity index is 1.69. The van der Waals surface area contributed by atoms with Crippen molar-refractivity contribution in [1.82, 2.24) is 4.90 Å². The van der Waals surface area contributed by atoms with E-state index in [4.69, 9.17) is 13.9 Å². The number of benzene rings is 1. The number of hydrogen-bond acceptors (Lipinski definition) is 5. The van der Waals surface area contributed by atoms with E-state index in [1.807, 2.05) is 29.2 Å². The van der Waals surface area contributed by atoms with Crippen molar-refractivity contribution in [3.8, 4) is 5.75 Å². The molecule has 3 rings (SSSR count). The van der Waals surface area contributed by atoms with Gasteiger partial charge in [-0.15, -0.1) is 0 Å². The SMILES string of the molecule is COCc1ccc(C(=O)N2CCN(c3ccccc3OC)C[C@H]2C)o1. The average Bonchev–Trinajstić information content (AvgIpc) is 3.10. The number of ether oxygens (including phenoxy) is 2. The molecule has 1 amide bonds. The first-order chi connectivity index (χ1) is 12.1. The topological polar surface area (TPSA) is 55.2 Å². The van der Waals surface area contributed by atoms with Crippen LogP contribution >= 0.6 is 0 Å². The van der Waals surface area contributed by atoms with Crippen LogP contribution in [0.25, 0.3) is 0 Å². The summed E-state index contributed by atoms with van der Waals surface area (Å²) in [4.78, 5) is 16.9. The van der Waals surface area contributed by atoms with Crippen LogP contribution in [0.4, 0.5) is 5.69 Å². The molecule has 0 unspecified atom stereocenters. The third-order valence-corrected chi connectivity index (χ3v) is 4.47. The Bertz CT molecular complexity index is 728. The molecule has 2 aromatic rings. The average molecular weight is 344 g/mol. The fraction of sp³-hybridized carbons (Fsp3) is 0.421. The standard InChI is InChI=1S/C19H24N2O4/c1-14-12-20(16-6-4-5-7-17(16)24-3)10-11-21(14)19(22)18-9-8-15(25-18)13-23-2/h4-9,14H,10-13H2,1-3H3/t14-/m1/s1. The number of carbonyl (C=O) groups is 1. The number of piperazine rings is 1. The molecule has 1 aliphatic rings. The highest BCUT2D eigenvalue weighted by atomic mass is 16.5. The summed E-state index contributed by atoms with van der Waals surface area (Å²) in [7, 11) is 3.28. The van der Waals surface area contributed by atoms with E-state index < -0.39 is 0 Å². The number of methoxy groups -OCH3 is 2. The second-order valence-electron chi connectivity index (χ2n) is 6.16. The number of amides is 1. The molecule has 0 aliphatic carbocycles. The molecular formula is C19H24N2O4. The molecule has 1 fully saturated rings. The van der Waals surface area contributed by atoms with Gasteiger partial charge in [0.2, 0.25) is 0 Å². The summed E-state index contributed by atoms with van der Waals surface area (Å²) >= 11 is 0. The molecule has 1 aromatic carbocycles. The molecule has 6 heteroatoms. The number of rotatable bonds is 5. The number of para-hydroxylation sites is 2. The van der Waals surface area contributed by atoms with Crippen LogP contribution in [-0.4, -0.2) is 50.7 Å². The van der Waals surface area contributed by atoms with Gasteiger partial charge in [0.15, 0.2) is 5.76 Å². The van der Waals surface area contributed by atoms with Crippen LogP contribution in [0.1, 0.15) is 23.2 Å². The molecule has 25 heavy (non-hydrogen) atoms. The van der Waals surface area contributed by atoms with E-state index in [2.05, 4.69) is 11.8 Å². The van der Waals surface area contributed by atoms with Gasteiger partial charge in [0.05, 0.1) is 12.8 Å². The Kier molecular flexibility index (Phi) is 5.28. The van der Waals surface area contributed by atoms with Crippen molar-refractivity contribution in [3.63, 3.8) is 0 Å². The Morgan fingerprint density at radius 1 is 1.20 bits per heavy atom. The molecule has 6 nitrogen and oxygen atoms in total. The van der Waals surface area contributed by atoms with Crippen molar-refractivity contribution in [2.75, 3.05) is 38.8 Å². The fourth-order valence-corrected chi connectivity index (χ4v) is 3.22. The monoisotopic (exact) mass is 344 g/mol. The summed E-state index contributed by atoms with van der Waals surface area (Å²) in [6, 6.07) is 11.5. The number of hydrogen-bond donors (Lipinski definition) is 0. The van der Waals surface area contributed by atoms with Gasteiger partial charge in [0.25, 0.3) is 5.91 Å². The maximum Gasteiger partial charge on any atom is 0.289 e. The molecule has 0 spiro atoms. The number of anilines is 1. The molecule has 0 N–H and O–H groups in total. The zero-order chi connectivity index (χ0) is 17.8. The highest BCUT2D eigenvalue weighted by Crippen LogP contribution is 2.29. The normalized spacial score (nSPS) is 17.6. The Morgan fingerprint density at radius 2 is 2.00 bits per heavy atom. The second kappa shape index (κ2) is 7.61. The number of furan rings is 1. The van der Waals surface area contributed by atoms with Gasteiger partial charge < -0.3 is 23.7 Å². The van der Waals surface area contributed by atoms with Crippen LogP contribution in [0.5, 0.6) is 5.75 Å². The lowest BCUT2D eigenvalue weighted by molar-refractivity contribution is 0.0634. The van der Waals surface area contributed by atoms with Crippen LogP contribution in [-0.2, 0) is 11.3 Å². The molecule has 1 saturated heterocycles. The van der Waals surface area contributed by atoms with Gasteiger partial charge in [0, 0.05) is 32.8 Å². The first-order valence-corrected chi connectivity index (χ1v) is 8.40. The Hall–Kier alpha value is -2.47. The van der Waals surface area contributed by atoms with Crippen molar-refractivity contribution in [2.45, 2.75) is 19.6 Å². The molecule has 0 saturated carbocycles. The third-order valence-electron chi connectivity index (χ3n) is 4.47. The molecule has 1 aliphatic heterocycles. The van der Waals surface area contributed by atoms with E-state index in [1.165, 1.54) is 0 Å². The van der Waals surface area contributed by atoms with E-state index in [9.17, 15) is 4.79 Å². The smallest absolute Gasteiger partial charge is 0.289 e. The summed E-state index contributed by atoms with van der Waals surface area (Å²) in [6.45, 7) is 4.56. The highest BCUT2D eigenvalue weighted by Gasteiger charge is 2.30. The minimum Gasteiger partial charge on any atom is -0.495 e. The van der Waals surface area contributed by atoms with Crippen LogP contribution in [0.2, 0.25) is 0 Å². The summed E-state index contributed by atoms with van der Waals surface area (Å²) in [5.74, 6) is 1.80. The lowest BCUT2D eigenvalue weighted by atomic mass is 10.1. The van der Waals surface area contributed by atoms with Gasteiger partial charge in [-0.05, 0) is 31.2 Å². The van der Waals surface area contributed by atoms with Crippen molar-refractivity contribution in [2.24, 2.45) is 0 Å². The van der Waals surface area contributed by atoms with Gasteiger partial charge in [-0.3, -0.25) is 4.79 Å². The molecule has 0 radical (unpaired) electrons. The minimum atomic E-state index is -0.0745. The highest BCUT2D eigenvalue weighted by molar-refractivity contribution is 5.92. The third kappa shape index (κ3) is 3.64. The maximum absolute atomic E-state index is 12.7. The van der Waals surface area contributed by atoms with Crippen molar-refractivity contribution in [1.29, 1.82) is 0 Å². The van der Waals surface area contributed by atoms with E-state index in [0.717, 1.165) is 24.5 Å². The van der Waals surface area contributed by atoms with E-state index in [0.29, 0.717) is 24.7 Å². The minimum absolute atomic E-state index is 0.0714. The molecule has 1 aromatic heterocycles. The van der Waals surface area contributed by atoms with Crippen LogP contribution < -0.4 is 9.64 Å². The molecular weight excluding hydrogens is 320 g/mol. The summed E-state index contributed by atoms with van der Waals surface area (Å²) in [6.07, 6.45) is 0. The van der Waals surface area contributed by atoms with Crippen molar-refractivity contribution < 1.29 is 18.7 Å². The molecule has 2 heterocycles. The number of nitrogens with zero attached hydrogens (tertiary/aromatic N) is 2. The van der Waals surface area contributed by atoms with Gasteiger partial charge >= 0.3 is 0 Å². The first kappa shape index (κ1) is 17.4. The predicted molar refractivity (Wildman–Crippen MR) is 95.1 cm³/mol. The summed E-state index contributed by atoms with van der Waals surface area (Å²) in [5.41, 5.74) is 1.06. The Labute approximate surface area is 147 Å². The van der Waals surface area contributed by atoms with E-state index in [-0.39, 0.29) is 11.9 Å². The van der Waals surface area contributed by atoms with Gasteiger partial charge in [-0.2, -0.15) is 0 Å². The maximum atomic E-state index is 12.7. The number of carbonyl (C=O) groups excluding carboxylic acids is 1. The van der Waals surface area contributed by atoms with Gasteiger partial charge in [-0.25, -0.2) is 0 Å². The lowest BCUT2D eigenvalue weighted by Crippen LogP contribution is -2.54. The van der Waals surface area contributed by atoms with Crippen LogP contribution in [0, 0.1) is 0 Å². The summed E-state index contributed by atoms with van der Waals surface area (Å²) in [5, 5.41) is 0. The predicted octanol–water partition coefficient (Wildman–Crippen LogP) is 2.79. The quantitative estimate of drug-likeness (QED) is 0.835. The van der Waals surface area contributed by atoms with Gasteiger partial charge in [0.1, 0.15) is 18.1 Å². The first-order valence-electron chi connectivity index (χ1n) is 8.40. The zero-order valence-electron chi connectivity index (χ0n) is 14.9. The molecule has 1 atom stereocenters. The van der Waals surface area contributed by atoms with Crippen molar-refractivity contribution >= 4 is 11.6 Å². The Morgan fingerprint density at radius 3 is 2.72 bits per heavy atom. The zero-order valence-corrected chi connectivity index (χ0v) is 14.9. The van der Waals surface area contributed by atoms with Gasteiger partial charge in [-0.1, -0.05) is 12.1 Å². The lowest BCUT2D eigenvalue weighted by Gasteiger charge is -2.41. The second-order valence-corrected chi connectivity index (χ2v) is 6.16. The molecule has 0 bridgehead atoms. The largest absolute Gasteiger partial charge is 0.495 e.